The number of amides is 4. The van der Waals surface area contributed by atoms with Gasteiger partial charge < -0.3 is 10.6 Å². The number of nitrogens with one attached hydrogen (secondary N) is 2. The van der Waals surface area contributed by atoms with Crippen LogP contribution >= 0.6 is 15.9 Å². The Morgan fingerprint density at radius 1 is 1.26 bits per heavy atom. The monoisotopic (exact) mass is 427 g/mol. The molecule has 138 valence electrons. The maximum Gasteiger partial charge on any atom is 0.325 e. The fourth-order valence-electron chi connectivity index (χ4n) is 3.83. The summed E-state index contributed by atoms with van der Waals surface area (Å²) in [6.45, 7) is 1.56. The molecule has 0 saturated carbocycles. The van der Waals surface area contributed by atoms with Crippen molar-refractivity contribution >= 4 is 39.5 Å². The van der Waals surface area contributed by atoms with Gasteiger partial charge in [0, 0.05) is 10.2 Å². The summed E-state index contributed by atoms with van der Waals surface area (Å²) in [5, 5.41) is 5.59. The van der Waals surface area contributed by atoms with Gasteiger partial charge in [-0.3, -0.25) is 14.5 Å². The number of rotatable bonds is 3. The van der Waals surface area contributed by atoms with E-state index in [-0.39, 0.29) is 12.5 Å². The largest absolute Gasteiger partial charge is 0.325 e. The standard InChI is InChI=1S/C20H18BrN3O3/c1-12-10-14(21)6-7-16(12)22-17(25)11-24-18(26)20(23-19(24)27)9-8-13-4-2-3-5-15(13)20/h2-7,10H,8-9,11H2,1H3,(H,22,25)(H,23,27). The number of nitrogens with zero attached hydrogens (tertiary/aromatic N) is 1. The molecule has 4 rings (SSSR count). The zero-order chi connectivity index (χ0) is 19.2. The number of hydrogen-bond donors (Lipinski definition) is 2. The Balaban J connectivity index is 1.53. The number of benzene rings is 2. The van der Waals surface area contributed by atoms with Crippen LogP contribution in [0.5, 0.6) is 0 Å². The fourth-order valence-corrected chi connectivity index (χ4v) is 4.31. The van der Waals surface area contributed by atoms with Gasteiger partial charge in [0.15, 0.2) is 0 Å². The summed E-state index contributed by atoms with van der Waals surface area (Å²) >= 11 is 3.38. The lowest BCUT2D eigenvalue weighted by Gasteiger charge is -2.22. The molecule has 1 aliphatic carbocycles. The van der Waals surface area contributed by atoms with E-state index >= 15 is 0 Å². The Kier molecular flexibility index (Phi) is 4.26. The van der Waals surface area contributed by atoms with Crippen LogP contribution in [-0.4, -0.2) is 29.3 Å². The van der Waals surface area contributed by atoms with Crippen LogP contribution in [0.3, 0.4) is 0 Å². The third-order valence-electron chi connectivity index (χ3n) is 5.19. The third kappa shape index (κ3) is 2.92. The van der Waals surface area contributed by atoms with Crippen LogP contribution in [0.4, 0.5) is 10.5 Å². The second-order valence-electron chi connectivity index (χ2n) is 6.89. The van der Waals surface area contributed by atoms with Gasteiger partial charge in [-0.25, -0.2) is 4.79 Å². The van der Waals surface area contributed by atoms with Gasteiger partial charge in [0.05, 0.1) is 0 Å². The quantitative estimate of drug-likeness (QED) is 0.738. The topological polar surface area (TPSA) is 78.5 Å². The van der Waals surface area contributed by atoms with Crippen molar-refractivity contribution in [2.45, 2.75) is 25.3 Å². The molecule has 2 aromatic rings. The van der Waals surface area contributed by atoms with E-state index in [0.717, 1.165) is 32.5 Å². The lowest BCUT2D eigenvalue weighted by Crippen LogP contribution is -2.43. The predicted molar refractivity (Wildman–Crippen MR) is 104 cm³/mol. The molecule has 7 heteroatoms. The van der Waals surface area contributed by atoms with E-state index in [1.54, 1.807) is 6.07 Å². The van der Waals surface area contributed by atoms with Crippen molar-refractivity contribution in [1.29, 1.82) is 0 Å². The second-order valence-corrected chi connectivity index (χ2v) is 7.81. The number of anilines is 1. The highest BCUT2D eigenvalue weighted by Gasteiger charge is 2.55. The number of carbonyl (C=O) groups is 3. The molecule has 6 nitrogen and oxygen atoms in total. The first-order valence-electron chi connectivity index (χ1n) is 8.69. The van der Waals surface area contributed by atoms with E-state index in [4.69, 9.17) is 0 Å². The molecule has 1 spiro atoms. The van der Waals surface area contributed by atoms with E-state index in [0.29, 0.717) is 12.1 Å². The molecule has 0 bridgehead atoms. The molecule has 1 heterocycles. The summed E-state index contributed by atoms with van der Waals surface area (Å²) in [5.74, 6) is -0.771. The fraction of sp³-hybridized carbons (Fsp3) is 0.250. The van der Waals surface area contributed by atoms with Crippen molar-refractivity contribution in [3.05, 3.63) is 63.6 Å². The Morgan fingerprint density at radius 3 is 2.81 bits per heavy atom. The maximum atomic E-state index is 13.1. The molecule has 1 saturated heterocycles. The summed E-state index contributed by atoms with van der Waals surface area (Å²) < 4.78 is 0.911. The average molecular weight is 428 g/mol. The van der Waals surface area contributed by atoms with Gasteiger partial charge in [0.2, 0.25) is 5.91 Å². The van der Waals surface area contributed by atoms with Gasteiger partial charge in [0.25, 0.3) is 5.91 Å². The molecule has 4 amide bonds. The third-order valence-corrected chi connectivity index (χ3v) is 5.68. The van der Waals surface area contributed by atoms with Gasteiger partial charge in [-0.15, -0.1) is 0 Å². The molecule has 0 aromatic heterocycles. The van der Waals surface area contributed by atoms with Crippen molar-refractivity contribution in [3.63, 3.8) is 0 Å². The molecule has 1 atom stereocenters. The van der Waals surface area contributed by atoms with E-state index in [2.05, 4.69) is 26.6 Å². The van der Waals surface area contributed by atoms with Crippen LogP contribution in [0.25, 0.3) is 0 Å². The highest BCUT2D eigenvalue weighted by molar-refractivity contribution is 9.10. The minimum Gasteiger partial charge on any atom is -0.324 e. The number of imide groups is 1. The van der Waals surface area contributed by atoms with Crippen molar-refractivity contribution < 1.29 is 14.4 Å². The summed E-state index contributed by atoms with van der Waals surface area (Å²) in [7, 11) is 0. The molecule has 2 N–H and O–H groups in total. The molecular weight excluding hydrogens is 410 g/mol. The molecule has 2 aromatic carbocycles. The van der Waals surface area contributed by atoms with Gasteiger partial charge in [-0.1, -0.05) is 40.2 Å². The summed E-state index contributed by atoms with van der Waals surface area (Å²) in [4.78, 5) is 39.0. The zero-order valence-corrected chi connectivity index (χ0v) is 16.3. The number of fused-ring (bicyclic) bond motifs is 2. The van der Waals surface area contributed by atoms with Crippen molar-refractivity contribution in [1.82, 2.24) is 10.2 Å². The van der Waals surface area contributed by atoms with Crippen LogP contribution in [0.15, 0.2) is 46.9 Å². The normalized spacial score (nSPS) is 20.7. The SMILES string of the molecule is Cc1cc(Br)ccc1NC(=O)CN1C(=O)NC2(CCc3ccccc32)C1=O. The van der Waals surface area contributed by atoms with Crippen molar-refractivity contribution in [2.24, 2.45) is 0 Å². The number of carbonyl (C=O) groups excluding carboxylic acids is 3. The average Bonchev–Trinajstić information content (AvgIpc) is 3.11. The number of halogens is 1. The van der Waals surface area contributed by atoms with E-state index < -0.39 is 17.5 Å². The molecule has 1 fully saturated rings. The molecule has 0 radical (unpaired) electrons. The van der Waals surface area contributed by atoms with E-state index in [1.807, 2.05) is 43.3 Å². The van der Waals surface area contributed by atoms with Gasteiger partial charge >= 0.3 is 6.03 Å². The molecule has 27 heavy (non-hydrogen) atoms. The van der Waals surface area contributed by atoms with Crippen LogP contribution in [0.1, 0.15) is 23.1 Å². The number of aryl methyl sites for hydroxylation is 2. The first kappa shape index (κ1) is 17.7. The van der Waals surface area contributed by atoms with Crippen LogP contribution in [0, 0.1) is 6.92 Å². The first-order valence-corrected chi connectivity index (χ1v) is 9.48. The molecule has 1 unspecified atom stereocenters. The Bertz CT molecular complexity index is 975. The lowest BCUT2D eigenvalue weighted by molar-refractivity contribution is -0.134. The van der Waals surface area contributed by atoms with Crippen molar-refractivity contribution in [2.75, 3.05) is 11.9 Å². The Hall–Kier alpha value is -2.67. The lowest BCUT2D eigenvalue weighted by atomic mass is 9.92. The molecule has 2 aliphatic rings. The van der Waals surface area contributed by atoms with E-state index in [9.17, 15) is 14.4 Å². The van der Waals surface area contributed by atoms with Crippen LogP contribution in [0.2, 0.25) is 0 Å². The summed E-state index contributed by atoms with van der Waals surface area (Å²) in [6, 6.07) is 12.6. The zero-order valence-electron chi connectivity index (χ0n) is 14.7. The minimum absolute atomic E-state index is 0.315. The highest BCUT2D eigenvalue weighted by Crippen LogP contribution is 2.41. The Morgan fingerprint density at radius 2 is 2.04 bits per heavy atom. The number of urea groups is 1. The summed E-state index contributed by atoms with van der Waals surface area (Å²) in [6.07, 6.45) is 1.24. The minimum atomic E-state index is -1.04. The van der Waals surface area contributed by atoms with Crippen molar-refractivity contribution in [3.8, 4) is 0 Å². The first-order chi connectivity index (χ1) is 12.9. The van der Waals surface area contributed by atoms with Gasteiger partial charge in [-0.2, -0.15) is 0 Å². The van der Waals surface area contributed by atoms with Crippen LogP contribution < -0.4 is 10.6 Å². The second kappa shape index (κ2) is 6.49. The summed E-state index contributed by atoms with van der Waals surface area (Å²) in [5.41, 5.74) is 2.38. The molecule has 1 aliphatic heterocycles. The van der Waals surface area contributed by atoms with Gasteiger partial charge in [0.1, 0.15) is 12.1 Å². The maximum absolute atomic E-state index is 13.1. The highest BCUT2D eigenvalue weighted by atomic mass is 79.9. The smallest absolute Gasteiger partial charge is 0.324 e. The number of hydrogen-bond acceptors (Lipinski definition) is 3. The molecular formula is C20H18BrN3O3. The predicted octanol–water partition coefficient (Wildman–Crippen LogP) is 3.09. The Labute approximate surface area is 165 Å². The van der Waals surface area contributed by atoms with E-state index in [1.165, 1.54) is 0 Å². The van der Waals surface area contributed by atoms with Crippen LogP contribution in [-0.2, 0) is 21.5 Å². The van der Waals surface area contributed by atoms with Gasteiger partial charge in [-0.05, 0) is 54.7 Å².